The van der Waals surface area contributed by atoms with Gasteiger partial charge in [0.25, 0.3) is 0 Å². The molecule has 0 amide bonds. The molecule has 6 nitrogen and oxygen atoms in total. The number of hydrogen-bond donors (Lipinski definition) is 0. The van der Waals surface area contributed by atoms with Gasteiger partial charge in [-0.1, -0.05) is 0 Å². The van der Waals surface area contributed by atoms with Crippen LogP contribution in [0, 0.1) is 5.92 Å². The van der Waals surface area contributed by atoms with Gasteiger partial charge in [-0.2, -0.15) is 22.7 Å². The van der Waals surface area contributed by atoms with Crippen LogP contribution in [0.5, 0.6) is 5.75 Å². The summed E-state index contributed by atoms with van der Waals surface area (Å²) in [6.45, 7) is 3.86. The third kappa shape index (κ3) is 4.20. The number of halogens is 4. The van der Waals surface area contributed by atoms with Crippen molar-refractivity contribution in [3.8, 4) is 17.0 Å². The van der Waals surface area contributed by atoms with Gasteiger partial charge in [0, 0.05) is 35.5 Å². The van der Waals surface area contributed by atoms with Gasteiger partial charge in [-0.15, -0.1) is 0 Å². The van der Waals surface area contributed by atoms with Crippen molar-refractivity contribution in [1.82, 2.24) is 14.8 Å². The monoisotopic (exact) mass is 415 g/mol. The summed E-state index contributed by atoms with van der Waals surface area (Å²) in [6, 6.07) is 1.20. The predicted molar refractivity (Wildman–Crippen MR) is 95.0 cm³/mol. The first kappa shape index (κ1) is 21.1. The average Bonchev–Trinajstić information content (AvgIpc) is 3.06. The number of fused-ring (bicyclic) bond motifs is 1. The number of pyridine rings is 1. The van der Waals surface area contributed by atoms with E-state index in [-0.39, 0.29) is 17.9 Å². The first-order valence-corrected chi connectivity index (χ1v) is 9.12. The molecule has 0 unspecified atom stereocenters. The van der Waals surface area contributed by atoms with Crippen molar-refractivity contribution in [3.05, 3.63) is 29.7 Å². The molecule has 158 valence electrons. The molecule has 0 saturated heterocycles. The Morgan fingerprint density at radius 1 is 1.31 bits per heavy atom. The molecule has 1 atom stereocenters. The molecule has 0 aromatic carbocycles. The third-order valence-corrected chi connectivity index (χ3v) is 4.82. The number of methoxy groups -OCH3 is 1. The molecular weight excluding hydrogens is 394 g/mol. The van der Waals surface area contributed by atoms with Crippen LogP contribution in [-0.4, -0.2) is 40.4 Å². The molecule has 0 N–H and O–H groups in total. The Kier molecular flexibility index (Phi) is 5.81. The van der Waals surface area contributed by atoms with Gasteiger partial charge in [-0.3, -0.25) is 14.5 Å². The highest BCUT2D eigenvalue weighted by molar-refractivity contribution is 5.74. The highest BCUT2D eigenvalue weighted by Gasteiger charge is 2.44. The summed E-state index contributed by atoms with van der Waals surface area (Å²) in [7, 11) is 1.34. The summed E-state index contributed by atoms with van der Waals surface area (Å²) in [5.41, 5.74) is 2.62. The predicted octanol–water partition coefficient (Wildman–Crippen LogP) is 4.04. The standard InChI is InChI=1S/C19H21F4N3O3/c1-10(2)26-15-7-11(17(27)28-3)4-5-14(15)16(25-26)12-6-13(9-24-8-12)29-19(22,23)18(20)21/h6,8-11,18H,4-5,7H2,1-3H3/t11-/m1/s1. The van der Waals surface area contributed by atoms with Gasteiger partial charge in [-0.05, 0) is 32.8 Å². The molecule has 0 saturated carbocycles. The summed E-state index contributed by atoms with van der Waals surface area (Å²) < 4.78 is 62.1. The quantitative estimate of drug-likeness (QED) is 0.526. The van der Waals surface area contributed by atoms with Crippen LogP contribution in [0.4, 0.5) is 17.6 Å². The van der Waals surface area contributed by atoms with Crippen LogP contribution < -0.4 is 4.74 Å². The first-order chi connectivity index (χ1) is 13.6. The molecule has 0 fully saturated rings. The number of aromatic nitrogens is 3. The zero-order valence-corrected chi connectivity index (χ0v) is 16.2. The van der Waals surface area contributed by atoms with Crippen molar-refractivity contribution in [2.75, 3.05) is 7.11 Å². The molecule has 2 heterocycles. The van der Waals surface area contributed by atoms with Crippen LogP contribution in [-0.2, 0) is 22.4 Å². The summed E-state index contributed by atoms with van der Waals surface area (Å²) in [6.07, 6.45) is -4.69. The minimum Gasteiger partial charge on any atom is -0.469 e. The fourth-order valence-corrected chi connectivity index (χ4v) is 3.47. The maximum absolute atomic E-state index is 13.2. The van der Waals surface area contributed by atoms with Crippen LogP contribution in [0.3, 0.4) is 0 Å². The molecule has 0 spiro atoms. The van der Waals surface area contributed by atoms with Crippen LogP contribution in [0.15, 0.2) is 18.5 Å². The SMILES string of the molecule is COC(=O)[C@@H]1CCc2c(-c3cncc(OC(F)(F)C(F)F)c3)nn(C(C)C)c2C1. The number of nitrogens with zero attached hydrogens (tertiary/aromatic N) is 3. The van der Waals surface area contributed by atoms with Crippen LogP contribution in [0.25, 0.3) is 11.3 Å². The fourth-order valence-electron chi connectivity index (χ4n) is 3.47. The zero-order valence-electron chi connectivity index (χ0n) is 16.2. The summed E-state index contributed by atoms with van der Waals surface area (Å²) in [4.78, 5) is 15.8. The Bertz CT molecular complexity index is 899. The molecule has 1 aliphatic carbocycles. The van der Waals surface area contributed by atoms with Gasteiger partial charge in [0.15, 0.2) is 0 Å². The lowest BCUT2D eigenvalue weighted by Gasteiger charge is -2.22. The number of ether oxygens (including phenoxy) is 2. The van der Waals surface area contributed by atoms with Crippen molar-refractivity contribution in [1.29, 1.82) is 0 Å². The Balaban J connectivity index is 1.99. The van der Waals surface area contributed by atoms with E-state index in [4.69, 9.17) is 4.74 Å². The van der Waals surface area contributed by atoms with Crippen molar-refractivity contribution in [3.63, 3.8) is 0 Å². The van der Waals surface area contributed by atoms with Gasteiger partial charge >= 0.3 is 18.5 Å². The summed E-state index contributed by atoms with van der Waals surface area (Å²) in [5, 5.41) is 4.59. The molecule has 0 bridgehead atoms. The van der Waals surface area contributed by atoms with E-state index in [2.05, 4.69) is 14.8 Å². The Hall–Kier alpha value is -2.65. The molecular formula is C19H21F4N3O3. The van der Waals surface area contributed by atoms with E-state index >= 15 is 0 Å². The van der Waals surface area contributed by atoms with Gasteiger partial charge in [-0.25, -0.2) is 0 Å². The highest BCUT2D eigenvalue weighted by atomic mass is 19.3. The topological polar surface area (TPSA) is 66.2 Å². The van der Waals surface area contributed by atoms with E-state index in [1.165, 1.54) is 19.4 Å². The highest BCUT2D eigenvalue weighted by Crippen LogP contribution is 2.36. The van der Waals surface area contributed by atoms with Crippen molar-refractivity contribution in [2.24, 2.45) is 5.92 Å². The van der Waals surface area contributed by atoms with Crippen LogP contribution in [0.2, 0.25) is 0 Å². The zero-order chi connectivity index (χ0) is 21.3. The van der Waals surface area contributed by atoms with E-state index in [0.29, 0.717) is 30.5 Å². The van der Waals surface area contributed by atoms with Gasteiger partial charge < -0.3 is 9.47 Å². The summed E-state index contributed by atoms with van der Waals surface area (Å²) in [5.74, 6) is -1.06. The van der Waals surface area contributed by atoms with Gasteiger partial charge in [0.05, 0.1) is 24.9 Å². The number of rotatable bonds is 6. The lowest BCUT2D eigenvalue weighted by atomic mass is 9.86. The van der Waals surface area contributed by atoms with Crippen LogP contribution >= 0.6 is 0 Å². The molecule has 2 aromatic rings. The van der Waals surface area contributed by atoms with E-state index in [0.717, 1.165) is 17.5 Å². The maximum Gasteiger partial charge on any atom is 0.461 e. The number of hydrogen-bond acceptors (Lipinski definition) is 5. The van der Waals surface area contributed by atoms with E-state index < -0.39 is 18.3 Å². The third-order valence-electron chi connectivity index (χ3n) is 4.82. The van der Waals surface area contributed by atoms with Crippen molar-refractivity contribution in [2.45, 2.75) is 51.7 Å². The largest absolute Gasteiger partial charge is 0.469 e. The molecule has 0 aliphatic heterocycles. The lowest BCUT2D eigenvalue weighted by Crippen LogP contribution is -2.33. The fraction of sp³-hybridized carbons (Fsp3) is 0.526. The average molecular weight is 415 g/mol. The van der Waals surface area contributed by atoms with Gasteiger partial charge in [0.1, 0.15) is 5.75 Å². The number of carbonyl (C=O) groups excluding carboxylic acids is 1. The molecule has 10 heteroatoms. The van der Waals surface area contributed by atoms with Crippen LogP contribution in [0.1, 0.15) is 37.6 Å². The van der Waals surface area contributed by atoms with Crippen molar-refractivity contribution >= 4 is 5.97 Å². The minimum atomic E-state index is -4.62. The molecule has 2 aromatic heterocycles. The normalized spacial score (nSPS) is 16.8. The maximum atomic E-state index is 13.2. The lowest BCUT2D eigenvalue weighted by molar-refractivity contribution is -0.253. The van der Waals surface area contributed by atoms with Crippen molar-refractivity contribution < 1.29 is 31.8 Å². The second kappa shape index (κ2) is 8.00. The number of esters is 1. The Labute approximate surface area is 164 Å². The van der Waals surface area contributed by atoms with Gasteiger partial charge in [0.2, 0.25) is 0 Å². The first-order valence-electron chi connectivity index (χ1n) is 9.12. The molecule has 29 heavy (non-hydrogen) atoms. The van der Waals surface area contributed by atoms with E-state index in [9.17, 15) is 22.4 Å². The molecule has 3 rings (SSSR count). The molecule has 0 radical (unpaired) electrons. The molecule has 1 aliphatic rings. The summed E-state index contributed by atoms with van der Waals surface area (Å²) >= 11 is 0. The minimum absolute atomic E-state index is 0.00976. The Morgan fingerprint density at radius 2 is 2.03 bits per heavy atom. The Morgan fingerprint density at radius 3 is 2.66 bits per heavy atom. The number of alkyl halides is 4. The second-order valence-corrected chi connectivity index (χ2v) is 7.15. The second-order valence-electron chi connectivity index (χ2n) is 7.15. The van der Waals surface area contributed by atoms with E-state index in [1.807, 2.05) is 13.8 Å². The van der Waals surface area contributed by atoms with E-state index in [1.54, 1.807) is 4.68 Å². The number of carbonyl (C=O) groups is 1. The smallest absolute Gasteiger partial charge is 0.461 e.